The maximum absolute atomic E-state index is 9.55. The average molecular weight is 337 g/mol. The average Bonchev–Trinajstić information content (AvgIpc) is 2.83. The van der Waals surface area contributed by atoms with Crippen LogP contribution in [0.1, 0.15) is 13.3 Å². The van der Waals surface area contributed by atoms with Crippen molar-refractivity contribution in [1.29, 1.82) is 0 Å². The third-order valence-electron chi connectivity index (χ3n) is 3.08. The minimum atomic E-state index is -1.26. The Morgan fingerprint density at radius 1 is 1.25 bits per heavy atom. The molecule has 0 aliphatic carbocycles. The van der Waals surface area contributed by atoms with Crippen LogP contribution in [0.3, 0.4) is 0 Å². The number of carbonyl (C=O) groups is 2. The molecule has 8 nitrogen and oxygen atoms in total. The lowest BCUT2D eigenvalue weighted by Crippen LogP contribution is -2.27. The molecule has 0 saturated carbocycles. The summed E-state index contributed by atoms with van der Waals surface area (Å²) in [5.74, 6) is -1.66. The van der Waals surface area contributed by atoms with E-state index in [4.69, 9.17) is 14.9 Å². The van der Waals surface area contributed by atoms with E-state index in [1.807, 2.05) is 13.1 Å². The van der Waals surface area contributed by atoms with Gasteiger partial charge in [0.2, 0.25) is 0 Å². The predicted molar refractivity (Wildman–Crippen MR) is 89.5 cm³/mol. The van der Waals surface area contributed by atoms with Crippen LogP contribution >= 0.6 is 0 Å². The van der Waals surface area contributed by atoms with Gasteiger partial charge in [0.25, 0.3) is 0 Å². The van der Waals surface area contributed by atoms with E-state index in [9.17, 15) is 9.59 Å². The fourth-order valence-corrected chi connectivity index (χ4v) is 2.07. The highest BCUT2D eigenvalue weighted by Gasteiger charge is 2.10. The van der Waals surface area contributed by atoms with Crippen LogP contribution in [0.5, 0.6) is 5.75 Å². The molecule has 0 bridgehead atoms. The molecule has 0 spiro atoms. The number of carboxylic acid groups (broad SMARTS) is 2. The van der Waals surface area contributed by atoms with E-state index in [2.05, 4.69) is 21.3 Å². The van der Waals surface area contributed by atoms with Crippen molar-refractivity contribution in [2.45, 2.75) is 13.3 Å². The zero-order chi connectivity index (χ0) is 17.8. The van der Waals surface area contributed by atoms with Crippen LogP contribution in [0, 0.1) is 0 Å². The van der Waals surface area contributed by atoms with Crippen LogP contribution in [-0.2, 0) is 9.59 Å². The van der Waals surface area contributed by atoms with Crippen molar-refractivity contribution in [2.75, 3.05) is 37.7 Å². The molecule has 1 aromatic heterocycles. The van der Waals surface area contributed by atoms with Gasteiger partial charge in [0, 0.05) is 37.9 Å². The minimum Gasteiger partial charge on any atom is -0.492 e. The first-order chi connectivity index (χ1) is 11.5. The molecule has 132 valence electrons. The van der Waals surface area contributed by atoms with Crippen LogP contribution in [0.25, 0.3) is 0 Å². The first kappa shape index (κ1) is 19.4. The molecule has 0 unspecified atom stereocenters. The van der Waals surface area contributed by atoms with Gasteiger partial charge < -0.3 is 25.2 Å². The van der Waals surface area contributed by atoms with E-state index in [0.29, 0.717) is 18.8 Å². The van der Waals surface area contributed by atoms with Crippen molar-refractivity contribution in [3.05, 3.63) is 30.6 Å². The second-order valence-electron chi connectivity index (χ2n) is 4.91. The van der Waals surface area contributed by atoms with Crippen LogP contribution in [0.4, 0.5) is 5.69 Å². The van der Waals surface area contributed by atoms with Crippen molar-refractivity contribution in [2.24, 2.45) is 0 Å². The van der Waals surface area contributed by atoms with Crippen LogP contribution in [-0.4, -0.2) is 59.9 Å². The maximum atomic E-state index is 9.55. The molecule has 1 aliphatic rings. The monoisotopic (exact) mass is 337 g/mol. The fourth-order valence-electron chi connectivity index (χ4n) is 2.07. The molecular weight excluding hydrogens is 314 g/mol. The molecule has 1 fully saturated rings. The summed E-state index contributed by atoms with van der Waals surface area (Å²) in [6, 6.07) is 2.07. The molecule has 0 amide bonds. The fraction of sp³-hybridized carbons (Fsp3) is 0.438. The Balaban J connectivity index is 0.000000307. The standard InChI is InChI=1S/C12H19N3O.C4H4O4/c1-2-16-12-8-11(9-14-10-12)15-6-3-4-13-5-7-15;5-3(6)1-2-4(7)8/h8-10,13H,2-7H2,1H3;1-2H,(H,5,6)(H,7,8)/b;2-1+. The number of nitrogens with zero attached hydrogens (tertiary/aromatic N) is 2. The Morgan fingerprint density at radius 3 is 2.58 bits per heavy atom. The Morgan fingerprint density at radius 2 is 1.96 bits per heavy atom. The van der Waals surface area contributed by atoms with Gasteiger partial charge in [0.15, 0.2) is 0 Å². The topological polar surface area (TPSA) is 112 Å². The van der Waals surface area contributed by atoms with E-state index >= 15 is 0 Å². The van der Waals surface area contributed by atoms with Gasteiger partial charge >= 0.3 is 11.9 Å². The first-order valence-corrected chi connectivity index (χ1v) is 7.70. The summed E-state index contributed by atoms with van der Waals surface area (Å²) in [7, 11) is 0. The van der Waals surface area contributed by atoms with Crippen molar-refractivity contribution < 1.29 is 24.5 Å². The van der Waals surface area contributed by atoms with Gasteiger partial charge in [0.05, 0.1) is 24.7 Å². The number of aromatic nitrogens is 1. The SMILES string of the molecule is CCOc1cncc(N2CCCNCC2)c1.O=C(O)/C=C/C(=O)O. The van der Waals surface area contributed by atoms with Crippen molar-refractivity contribution >= 4 is 17.6 Å². The van der Waals surface area contributed by atoms with Gasteiger partial charge in [-0.1, -0.05) is 0 Å². The van der Waals surface area contributed by atoms with Crippen LogP contribution < -0.4 is 15.0 Å². The molecule has 24 heavy (non-hydrogen) atoms. The van der Waals surface area contributed by atoms with E-state index in [1.54, 1.807) is 6.20 Å². The summed E-state index contributed by atoms with van der Waals surface area (Å²) in [5, 5.41) is 19.0. The van der Waals surface area contributed by atoms with Gasteiger partial charge in [0.1, 0.15) is 5.75 Å². The summed E-state index contributed by atoms with van der Waals surface area (Å²) in [6.07, 6.45) is 5.97. The highest BCUT2D eigenvalue weighted by Crippen LogP contribution is 2.19. The molecule has 8 heteroatoms. The highest BCUT2D eigenvalue weighted by atomic mass is 16.5. The molecular formula is C16H23N3O5. The Labute approximate surface area is 140 Å². The highest BCUT2D eigenvalue weighted by molar-refractivity contribution is 5.89. The zero-order valence-electron chi connectivity index (χ0n) is 13.6. The van der Waals surface area contributed by atoms with Gasteiger partial charge in [-0.2, -0.15) is 0 Å². The summed E-state index contributed by atoms with van der Waals surface area (Å²) in [4.78, 5) is 25.7. The number of hydrogen-bond acceptors (Lipinski definition) is 6. The third kappa shape index (κ3) is 8.14. The molecule has 0 aromatic carbocycles. The minimum absolute atomic E-state index is 0.558. The molecule has 0 atom stereocenters. The van der Waals surface area contributed by atoms with E-state index < -0.39 is 11.9 Å². The molecule has 3 N–H and O–H groups in total. The quantitative estimate of drug-likeness (QED) is 0.682. The molecule has 2 heterocycles. The summed E-state index contributed by atoms with van der Waals surface area (Å²) < 4.78 is 5.46. The number of carboxylic acids is 2. The summed E-state index contributed by atoms with van der Waals surface area (Å²) in [5.41, 5.74) is 1.16. The number of ether oxygens (including phenoxy) is 1. The second kappa shape index (κ2) is 11.0. The maximum Gasteiger partial charge on any atom is 0.328 e. The smallest absolute Gasteiger partial charge is 0.328 e. The van der Waals surface area contributed by atoms with Gasteiger partial charge in [-0.05, 0) is 19.9 Å². The number of pyridine rings is 1. The predicted octanol–water partition coefficient (Wildman–Crippen LogP) is 0.992. The normalized spacial score (nSPS) is 14.5. The van der Waals surface area contributed by atoms with E-state index in [-0.39, 0.29) is 0 Å². The summed E-state index contributed by atoms with van der Waals surface area (Å²) >= 11 is 0. The summed E-state index contributed by atoms with van der Waals surface area (Å²) in [6.45, 7) is 6.95. The number of rotatable bonds is 5. The lowest BCUT2D eigenvalue weighted by molar-refractivity contribution is -0.134. The largest absolute Gasteiger partial charge is 0.492 e. The zero-order valence-corrected chi connectivity index (χ0v) is 13.6. The second-order valence-corrected chi connectivity index (χ2v) is 4.91. The Bertz CT molecular complexity index is 538. The molecule has 2 rings (SSSR count). The number of aliphatic carboxylic acids is 2. The molecule has 0 radical (unpaired) electrons. The van der Waals surface area contributed by atoms with Crippen LogP contribution in [0.15, 0.2) is 30.6 Å². The lowest BCUT2D eigenvalue weighted by Gasteiger charge is -2.22. The molecule has 1 aliphatic heterocycles. The van der Waals surface area contributed by atoms with Crippen molar-refractivity contribution in [3.63, 3.8) is 0 Å². The van der Waals surface area contributed by atoms with Gasteiger partial charge in [-0.25, -0.2) is 9.59 Å². The van der Waals surface area contributed by atoms with Crippen molar-refractivity contribution in [1.82, 2.24) is 10.3 Å². The van der Waals surface area contributed by atoms with E-state index in [0.717, 1.165) is 37.6 Å². The number of hydrogen-bond donors (Lipinski definition) is 3. The lowest BCUT2D eigenvalue weighted by atomic mass is 10.3. The van der Waals surface area contributed by atoms with Crippen LogP contribution in [0.2, 0.25) is 0 Å². The Kier molecular flexibility index (Phi) is 8.91. The number of nitrogens with one attached hydrogen (secondary N) is 1. The molecule has 1 aromatic rings. The Hall–Kier alpha value is -2.61. The van der Waals surface area contributed by atoms with Crippen molar-refractivity contribution in [3.8, 4) is 5.75 Å². The van der Waals surface area contributed by atoms with Gasteiger partial charge in [-0.15, -0.1) is 0 Å². The third-order valence-corrected chi connectivity index (χ3v) is 3.08. The molecule has 1 saturated heterocycles. The first-order valence-electron chi connectivity index (χ1n) is 7.70. The van der Waals surface area contributed by atoms with Gasteiger partial charge in [-0.3, -0.25) is 4.98 Å². The number of anilines is 1. The van der Waals surface area contributed by atoms with E-state index in [1.165, 1.54) is 6.42 Å².